The second-order valence-corrected chi connectivity index (χ2v) is 16.7. The van der Waals surface area contributed by atoms with Crippen molar-refractivity contribution in [2.24, 2.45) is 5.41 Å². The summed E-state index contributed by atoms with van der Waals surface area (Å²) in [5.41, 5.74) is 1.77. The summed E-state index contributed by atoms with van der Waals surface area (Å²) in [5.74, 6) is -5.03. The number of carbonyl (C=O) groups is 1. The summed E-state index contributed by atoms with van der Waals surface area (Å²) in [7, 11) is 1.65. The molecule has 0 aliphatic carbocycles. The lowest BCUT2D eigenvalue weighted by Gasteiger charge is -2.53. The lowest BCUT2D eigenvalue weighted by molar-refractivity contribution is -0.289. The third-order valence-electron chi connectivity index (χ3n) is 11.3. The minimum Gasteiger partial charge on any atom is -0.484 e. The maximum Gasteiger partial charge on any atom is 0.456 e. The van der Waals surface area contributed by atoms with Crippen LogP contribution >= 0.6 is 0 Å². The number of hydrogen-bond donors (Lipinski definition) is 1. The van der Waals surface area contributed by atoms with Crippen LogP contribution in [0.2, 0.25) is 0 Å². The van der Waals surface area contributed by atoms with Crippen LogP contribution in [-0.4, -0.2) is 126 Å². The van der Waals surface area contributed by atoms with E-state index in [4.69, 9.17) is 28.9 Å². The molecule has 17 heteroatoms. The molecule has 0 unspecified atom stereocenters. The lowest BCUT2D eigenvalue weighted by Crippen LogP contribution is -2.62. The Morgan fingerprint density at radius 1 is 1.02 bits per heavy atom. The van der Waals surface area contributed by atoms with E-state index in [1.165, 1.54) is 6.08 Å². The second kappa shape index (κ2) is 15.8. The number of fused-ring (bicyclic) bond motifs is 2. The number of hydrogen-bond acceptors (Lipinski definition) is 10. The Hall–Kier alpha value is -4.77. The number of halogens is 5. The molecule has 0 atom stereocenters. The molecule has 12 nitrogen and oxygen atoms in total. The number of carbonyl (C=O) groups excluding carboxylic acids is 1. The zero-order valence-corrected chi connectivity index (χ0v) is 33.5. The third kappa shape index (κ3) is 8.38. The van der Waals surface area contributed by atoms with Crippen molar-refractivity contribution in [1.82, 2.24) is 30.0 Å². The molecule has 0 radical (unpaired) electrons. The molecule has 1 N–H and O–H groups in total. The van der Waals surface area contributed by atoms with Crippen molar-refractivity contribution in [3.05, 3.63) is 42.1 Å². The van der Waals surface area contributed by atoms with E-state index >= 15 is 0 Å². The van der Waals surface area contributed by atoms with E-state index in [-0.39, 0.29) is 40.5 Å². The highest BCUT2D eigenvalue weighted by molar-refractivity contribution is 6.07. The van der Waals surface area contributed by atoms with Gasteiger partial charge in [0.05, 0.1) is 18.3 Å². The molecular formula is C41H50F5N7O5. The van der Waals surface area contributed by atoms with Crippen molar-refractivity contribution in [3.8, 4) is 22.9 Å². The molecule has 2 aromatic carbocycles. The highest BCUT2D eigenvalue weighted by Crippen LogP contribution is 2.48. The van der Waals surface area contributed by atoms with E-state index in [9.17, 15) is 26.7 Å². The van der Waals surface area contributed by atoms with Gasteiger partial charge in [0.15, 0.2) is 12.4 Å². The average molecular weight is 816 g/mol. The van der Waals surface area contributed by atoms with Crippen molar-refractivity contribution in [2.75, 3.05) is 71.0 Å². The Bertz CT molecular complexity index is 2150. The lowest BCUT2D eigenvalue weighted by atomic mass is 9.72. The number of aromatic amines is 1. The van der Waals surface area contributed by atoms with E-state index < -0.39 is 24.3 Å². The summed E-state index contributed by atoms with van der Waals surface area (Å²) in [4.78, 5) is 28.5. The quantitative estimate of drug-likeness (QED) is 0.149. The van der Waals surface area contributed by atoms with E-state index in [1.54, 1.807) is 43.3 Å². The van der Waals surface area contributed by atoms with Crippen LogP contribution in [0.15, 0.2) is 31.0 Å². The molecule has 1 spiro atoms. The molecule has 3 saturated heterocycles. The smallest absolute Gasteiger partial charge is 0.456 e. The molecule has 0 bridgehead atoms. The first-order valence-corrected chi connectivity index (χ1v) is 19.5. The number of aromatic nitrogens is 4. The summed E-state index contributed by atoms with van der Waals surface area (Å²) in [6.45, 7) is 14.3. The summed E-state index contributed by atoms with van der Waals surface area (Å²) in [6.07, 6.45) is -0.688. The average Bonchev–Trinajstić information content (AvgIpc) is 3.63. The number of methoxy groups -OCH3 is 1. The number of anilines is 1. The monoisotopic (exact) mass is 815 g/mol. The molecule has 0 saturated carbocycles. The molecule has 314 valence electrons. The number of alkyl halides is 5. The number of aryl methyl sites for hydroxylation is 1. The van der Waals surface area contributed by atoms with Gasteiger partial charge in [0.1, 0.15) is 23.0 Å². The van der Waals surface area contributed by atoms with Crippen molar-refractivity contribution in [2.45, 2.75) is 77.2 Å². The second-order valence-electron chi connectivity index (χ2n) is 16.7. The fourth-order valence-corrected chi connectivity index (χ4v) is 8.13. The van der Waals surface area contributed by atoms with Gasteiger partial charge < -0.3 is 33.6 Å². The van der Waals surface area contributed by atoms with Crippen molar-refractivity contribution < 1.29 is 45.7 Å². The van der Waals surface area contributed by atoms with Gasteiger partial charge in [0, 0.05) is 74.7 Å². The van der Waals surface area contributed by atoms with Gasteiger partial charge >= 0.3 is 24.2 Å². The highest BCUT2D eigenvalue weighted by Gasteiger charge is 2.58. The van der Waals surface area contributed by atoms with Gasteiger partial charge in [-0.1, -0.05) is 18.7 Å². The molecule has 2 aromatic heterocycles. The van der Waals surface area contributed by atoms with E-state index in [1.807, 2.05) is 25.7 Å². The van der Waals surface area contributed by atoms with Gasteiger partial charge in [-0.2, -0.15) is 37.0 Å². The van der Waals surface area contributed by atoms with E-state index in [0.717, 1.165) is 19.6 Å². The fourth-order valence-electron chi connectivity index (χ4n) is 8.13. The summed E-state index contributed by atoms with van der Waals surface area (Å²) in [5, 5.41) is 8.06. The van der Waals surface area contributed by atoms with Crippen LogP contribution in [0.3, 0.4) is 0 Å². The number of amides is 1. The number of ether oxygens (including phenoxy) is 4. The summed E-state index contributed by atoms with van der Waals surface area (Å²) >= 11 is 0. The Morgan fingerprint density at radius 2 is 1.72 bits per heavy atom. The van der Waals surface area contributed by atoms with Crippen molar-refractivity contribution in [3.63, 3.8) is 0 Å². The molecule has 3 aliphatic heterocycles. The molecule has 3 aliphatic rings. The normalized spacial score (nSPS) is 18.2. The number of H-pyrrole nitrogens is 1. The number of benzene rings is 2. The molecule has 58 heavy (non-hydrogen) atoms. The Kier molecular flexibility index (Phi) is 11.3. The maximum atomic E-state index is 14.8. The molecule has 3 fully saturated rings. The van der Waals surface area contributed by atoms with Gasteiger partial charge in [-0.3, -0.25) is 5.10 Å². The number of piperidine rings is 2. The molecule has 5 heterocycles. The van der Waals surface area contributed by atoms with Gasteiger partial charge in [-0.25, -0.2) is 4.79 Å². The Balaban J connectivity index is 1.32. The van der Waals surface area contributed by atoms with Gasteiger partial charge in [-0.05, 0) is 82.2 Å². The number of rotatable bonds is 11. The fraction of sp³-hybridized carbons (Fsp3) is 0.561. The largest absolute Gasteiger partial charge is 0.484 e. The zero-order chi connectivity index (χ0) is 41.6. The zero-order valence-electron chi connectivity index (χ0n) is 33.5. The minimum atomic E-state index is -5.86. The third-order valence-corrected chi connectivity index (χ3v) is 11.3. The maximum absolute atomic E-state index is 14.8. The Morgan fingerprint density at radius 3 is 2.36 bits per heavy atom. The van der Waals surface area contributed by atoms with Crippen molar-refractivity contribution >= 4 is 39.8 Å². The van der Waals surface area contributed by atoms with Gasteiger partial charge in [0.2, 0.25) is 0 Å². The summed E-state index contributed by atoms with van der Waals surface area (Å²) in [6, 6.07) is 5.34. The molecule has 4 aromatic rings. The minimum absolute atomic E-state index is 0.0241. The van der Waals surface area contributed by atoms with E-state index in [2.05, 4.69) is 21.7 Å². The first-order valence-electron chi connectivity index (χ1n) is 19.5. The van der Waals surface area contributed by atoms with Crippen LogP contribution in [-0.2, 0) is 9.47 Å². The van der Waals surface area contributed by atoms with E-state index in [0.29, 0.717) is 97.3 Å². The predicted molar refractivity (Wildman–Crippen MR) is 210 cm³/mol. The number of likely N-dealkylation sites (tertiary alicyclic amines) is 2. The molecule has 7 rings (SSSR count). The van der Waals surface area contributed by atoms with Crippen LogP contribution in [0.25, 0.3) is 39.0 Å². The standard InChI is InChI=1S/C41H50F5N7O5/c1-7-26-20-28-33(34(56-24-40(42,43)41(44,45)46)32(26)31-25(2)8-9-30-29(31)21-47-50-30)48-36(57-27-10-14-51(15-11-27)18-19-55-6)49-35(28)52-16-12-39(13-17-52)22-53(23-39)37(54)58-38(3,4)5/h7-9,20-21,27H,1,10-19,22-24H2,2-6H3,(H,47,50). The van der Waals surface area contributed by atoms with Crippen LogP contribution in [0.4, 0.5) is 32.6 Å². The Labute approximate surface area is 333 Å². The van der Waals surface area contributed by atoms with Gasteiger partial charge in [0.25, 0.3) is 0 Å². The molecule has 1 amide bonds. The topological polar surface area (TPSA) is 118 Å². The first-order chi connectivity index (χ1) is 27.4. The van der Waals surface area contributed by atoms with Crippen LogP contribution < -0.4 is 14.4 Å². The number of nitrogens with zero attached hydrogens (tertiary/aromatic N) is 6. The SMILES string of the molecule is C=Cc1cc2c(N3CCC4(CC3)CN(C(=O)OC(C)(C)C)C4)nc(OC3CCN(CCOC)CC3)nc2c(OCC(F)(F)C(F)(F)F)c1-c1c(C)ccc2[nH]ncc12. The first kappa shape index (κ1) is 41.4. The predicted octanol–water partition coefficient (Wildman–Crippen LogP) is 8.03. The van der Waals surface area contributed by atoms with Gasteiger partial charge in [-0.15, -0.1) is 0 Å². The van der Waals surface area contributed by atoms with Crippen LogP contribution in [0, 0.1) is 12.3 Å². The molecular weight excluding hydrogens is 765 g/mol. The van der Waals surface area contributed by atoms with Crippen LogP contribution in [0.5, 0.6) is 11.8 Å². The highest BCUT2D eigenvalue weighted by atomic mass is 19.4. The van der Waals surface area contributed by atoms with Crippen LogP contribution in [0.1, 0.15) is 57.6 Å². The van der Waals surface area contributed by atoms with Crippen molar-refractivity contribution in [1.29, 1.82) is 0 Å². The summed E-state index contributed by atoms with van der Waals surface area (Å²) < 4.78 is 93.5. The number of nitrogens with one attached hydrogen (secondary N) is 1.